The van der Waals surface area contributed by atoms with Gasteiger partial charge in [-0.1, -0.05) is 0 Å². The van der Waals surface area contributed by atoms with Crippen LogP contribution in [0.15, 0.2) is 0 Å². The van der Waals surface area contributed by atoms with Crippen LogP contribution in [0.1, 0.15) is 6.42 Å². The van der Waals surface area contributed by atoms with Gasteiger partial charge in [0.1, 0.15) is 0 Å². The molecule has 0 saturated heterocycles. The molecule has 32 valence electrons. The van der Waals surface area contributed by atoms with Crippen molar-refractivity contribution in [3.8, 4) is 0 Å². The van der Waals surface area contributed by atoms with E-state index in [0.29, 0.717) is 0 Å². The van der Waals surface area contributed by atoms with Crippen LogP contribution in [0.25, 0.3) is 0 Å². The van der Waals surface area contributed by atoms with Gasteiger partial charge >= 0.3 is 47.3 Å². The summed E-state index contributed by atoms with van der Waals surface area (Å²) in [5.41, 5.74) is 0. The first kappa shape index (κ1) is 4.82. The zero-order valence-electron chi connectivity index (χ0n) is 3.52. The Morgan fingerprint density at radius 2 is 2.67 bits per heavy atom. The molecule has 0 saturated carbocycles. The average Bonchev–Trinajstić information content (AvgIpc) is 1.86. The van der Waals surface area contributed by atoms with E-state index in [0.717, 1.165) is 10.6 Å². The normalized spacial score (nSPS) is 30.5. The van der Waals surface area contributed by atoms with Gasteiger partial charge in [0, 0.05) is 0 Å². The third kappa shape index (κ3) is 1.07. The van der Waals surface area contributed by atoms with Crippen molar-refractivity contribution in [2.75, 3.05) is 0 Å². The Morgan fingerprint density at radius 3 is 2.83 bits per heavy atom. The van der Waals surface area contributed by atoms with E-state index in [9.17, 15) is 4.39 Å². The first-order chi connectivity index (χ1) is 2.89. The standard InChI is InChI=1S/C4H6F.In/c1-3-4(2)5;/h1,4H,2-3H2;. The molecule has 0 nitrogen and oxygen atoms in total. The van der Waals surface area contributed by atoms with Crippen LogP contribution < -0.4 is 0 Å². The summed E-state index contributed by atoms with van der Waals surface area (Å²) in [5.74, 6) is 0. The maximum absolute atomic E-state index is 11.9. The molecule has 0 N–H and O–H groups in total. The van der Waals surface area contributed by atoms with Crippen molar-refractivity contribution in [1.29, 1.82) is 0 Å². The number of rotatable bonds is 0. The molecule has 2 heteroatoms. The first-order valence-electron chi connectivity index (χ1n) is 2.18. The van der Waals surface area contributed by atoms with E-state index in [1.807, 2.05) is 0 Å². The Hall–Kier alpha value is 0.670. The van der Waals surface area contributed by atoms with E-state index < -0.39 is 6.17 Å². The predicted octanol–water partition coefficient (Wildman–Crippen LogP) is 0.653. The second kappa shape index (κ2) is 2.10. The van der Waals surface area contributed by atoms with Gasteiger partial charge in [0.15, 0.2) is 0 Å². The molecule has 0 spiro atoms. The van der Waals surface area contributed by atoms with Crippen molar-refractivity contribution in [2.45, 2.75) is 16.8 Å². The summed E-state index contributed by atoms with van der Waals surface area (Å²) < 4.78 is 15.1. The van der Waals surface area contributed by atoms with Gasteiger partial charge in [-0.05, 0) is 0 Å². The summed E-state index contributed by atoms with van der Waals surface area (Å²) >= 11 is -0.369. The van der Waals surface area contributed by atoms with Crippen LogP contribution in [0.3, 0.4) is 0 Å². The van der Waals surface area contributed by atoms with Gasteiger partial charge in [-0.15, -0.1) is 0 Å². The van der Waals surface area contributed by atoms with E-state index in [4.69, 9.17) is 0 Å². The Kier molecular flexibility index (Phi) is 1.69. The van der Waals surface area contributed by atoms with Gasteiger partial charge in [0.2, 0.25) is 0 Å². The van der Waals surface area contributed by atoms with E-state index in [1.54, 1.807) is 0 Å². The first-order valence-corrected chi connectivity index (χ1v) is 6.42. The Labute approximate surface area is 47.6 Å². The van der Waals surface area contributed by atoms with Crippen molar-refractivity contribution >= 4 is 26.2 Å². The average molecular weight is 188 g/mol. The van der Waals surface area contributed by atoms with Crippen molar-refractivity contribution in [1.82, 2.24) is 0 Å². The van der Waals surface area contributed by atoms with E-state index in [1.165, 1.54) is 0 Å². The van der Waals surface area contributed by atoms with Crippen molar-refractivity contribution in [3.05, 3.63) is 0 Å². The summed E-state index contributed by atoms with van der Waals surface area (Å²) in [4.78, 5) is 0. The number of hydrogen-bond acceptors (Lipinski definition) is 0. The van der Waals surface area contributed by atoms with Gasteiger partial charge in [-0.2, -0.15) is 0 Å². The van der Waals surface area contributed by atoms with Gasteiger partial charge in [-0.3, -0.25) is 0 Å². The number of halogens is 1. The third-order valence-corrected chi connectivity index (χ3v) is 4.92. The molecule has 1 aliphatic rings. The minimum atomic E-state index is -0.425. The van der Waals surface area contributed by atoms with Crippen molar-refractivity contribution < 1.29 is 4.39 Å². The Morgan fingerprint density at radius 1 is 1.83 bits per heavy atom. The second-order valence-electron chi connectivity index (χ2n) is 1.54. The van der Waals surface area contributed by atoms with Crippen LogP contribution in [-0.2, 0) is 0 Å². The molecule has 0 bridgehead atoms. The number of hydrogen-bond donors (Lipinski definition) is 0. The fourth-order valence-corrected chi connectivity index (χ4v) is 3.92. The molecule has 0 aromatic rings. The SMILES string of the molecule is FC1C[CH]=[In][CH2]1. The summed E-state index contributed by atoms with van der Waals surface area (Å²) in [6.45, 7) is 0. The summed E-state index contributed by atoms with van der Waals surface area (Å²) in [7, 11) is 0. The summed E-state index contributed by atoms with van der Waals surface area (Å²) in [6.07, 6.45) is 0.354. The maximum atomic E-state index is 11.9. The molecule has 0 radical (unpaired) electrons. The van der Waals surface area contributed by atoms with Crippen LogP contribution in [0.4, 0.5) is 4.39 Å². The molecule has 0 aromatic heterocycles. The summed E-state index contributed by atoms with van der Waals surface area (Å²) in [5, 5.41) is 0. The third-order valence-electron chi connectivity index (χ3n) is 0.950. The molecule has 1 unspecified atom stereocenters. The monoisotopic (exact) mass is 188 g/mol. The fourth-order valence-electron chi connectivity index (χ4n) is 0.584. The second-order valence-corrected chi connectivity index (χ2v) is 5.58. The van der Waals surface area contributed by atoms with Crippen LogP contribution in [0.2, 0.25) is 4.18 Å². The van der Waals surface area contributed by atoms with Gasteiger partial charge < -0.3 is 0 Å². The Bertz CT molecular complexity index is 61.9. The van der Waals surface area contributed by atoms with Crippen molar-refractivity contribution in [3.63, 3.8) is 0 Å². The molecular formula is C4H6FIn. The Balaban J connectivity index is 2.32. The molecular weight excluding hydrogens is 182 g/mol. The number of alkyl halides is 1. The molecule has 0 fully saturated rings. The molecule has 1 heterocycles. The zero-order valence-corrected chi connectivity index (χ0v) is 6.82. The van der Waals surface area contributed by atoms with E-state index in [-0.39, 0.29) is 22.4 Å². The van der Waals surface area contributed by atoms with Gasteiger partial charge in [0.25, 0.3) is 0 Å². The minimum absolute atomic E-state index is 0.369. The van der Waals surface area contributed by atoms with Crippen LogP contribution >= 0.6 is 0 Å². The predicted molar refractivity (Wildman–Crippen MR) is 26.1 cm³/mol. The molecule has 1 atom stereocenters. The molecule has 1 rings (SSSR count). The van der Waals surface area contributed by atoms with Gasteiger partial charge in [-0.25, -0.2) is 0 Å². The van der Waals surface area contributed by atoms with Gasteiger partial charge in [0.05, 0.1) is 0 Å². The summed E-state index contributed by atoms with van der Waals surface area (Å²) in [6, 6.07) is 0. The fraction of sp³-hybridized carbons (Fsp3) is 0.750. The van der Waals surface area contributed by atoms with Crippen LogP contribution in [-0.4, -0.2) is 32.4 Å². The molecule has 6 heavy (non-hydrogen) atoms. The topological polar surface area (TPSA) is 0 Å². The molecule has 0 aromatic carbocycles. The van der Waals surface area contributed by atoms with Crippen LogP contribution in [0, 0.1) is 0 Å². The van der Waals surface area contributed by atoms with E-state index in [2.05, 4.69) is 3.76 Å². The molecule has 1 aliphatic heterocycles. The quantitative estimate of drug-likeness (QED) is 0.523. The molecule has 0 aliphatic carbocycles. The molecule has 0 amide bonds. The van der Waals surface area contributed by atoms with Crippen molar-refractivity contribution in [2.24, 2.45) is 0 Å². The van der Waals surface area contributed by atoms with Crippen LogP contribution in [0.5, 0.6) is 0 Å². The van der Waals surface area contributed by atoms with E-state index >= 15 is 0 Å². The zero-order chi connectivity index (χ0) is 4.41.